The molecule has 1 N–H and O–H groups in total. The van der Waals surface area contributed by atoms with Crippen molar-refractivity contribution in [3.05, 3.63) is 66.5 Å². The number of methoxy groups -OCH3 is 1. The maximum Gasteiger partial charge on any atom is 0.234 e. The predicted octanol–water partition coefficient (Wildman–Crippen LogP) is 1.69. The van der Waals surface area contributed by atoms with E-state index < -0.39 is 17.4 Å². The van der Waals surface area contributed by atoms with E-state index in [1.165, 1.54) is 0 Å². The van der Waals surface area contributed by atoms with Crippen molar-refractivity contribution in [1.29, 1.82) is 0 Å². The van der Waals surface area contributed by atoms with E-state index in [9.17, 15) is 9.59 Å². The van der Waals surface area contributed by atoms with Gasteiger partial charge >= 0.3 is 0 Å². The molecule has 1 aromatic heterocycles. The fourth-order valence-corrected chi connectivity index (χ4v) is 4.59. The van der Waals surface area contributed by atoms with E-state index in [4.69, 9.17) is 9.47 Å². The van der Waals surface area contributed by atoms with E-state index in [1.807, 2.05) is 48.6 Å². The lowest BCUT2D eigenvalue weighted by Gasteiger charge is -2.23. The molecule has 3 aliphatic rings. The molecule has 2 aromatic rings. The minimum atomic E-state index is -0.736. The summed E-state index contributed by atoms with van der Waals surface area (Å²) in [5, 5.41) is 2.96. The van der Waals surface area contributed by atoms with Crippen LogP contribution in [0.25, 0.3) is 0 Å². The van der Waals surface area contributed by atoms with E-state index in [0.717, 1.165) is 17.0 Å². The van der Waals surface area contributed by atoms with Crippen LogP contribution in [0.5, 0.6) is 5.75 Å². The number of nitrogens with one attached hydrogen (secondary N) is 1. The van der Waals surface area contributed by atoms with Crippen LogP contribution in [-0.2, 0) is 20.9 Å². The van der Waals surface area contributed by atoms with E-state index >= 15 is 0 Å². The van der Waals surface area contributed by atoms with Gasteiger partial charge in [-0.25, -0.2) is 0 Å². The van der Waals surface area contributed by atoms with Crippen LogP contribution < -0.4 is 15.0 Å². The van der Waals surface area contributed by atoms with Crippen molar-refractivity contribution in [1.82, 2.24) is 10.3 Å². The summed E-state index contributed by atoms with van der Waals surface area (Å²) >= 11 is 0. The van der Waals surface area contributed by atoms with Gasteiger partial charge in [-0.3, -0.25) is 14.6 Å². The lowest BCUT2D eigenvalue weighted by atomic mass is 9.77. The Morgan fingerprint density at radius 2 is 2.03 bits per heavy atom. The van der Waals surface area contributed by atoms with Gasteiger partial charge in [-0.1, -0.05) is 12.2 Å². The first kappa shape index (κ1) is 17.9. The lowest BCUT2D eigenvalue weighted by Crippen LogP contribution is -2.43. The Labute approximate surface area is 168 Å². The van der Waals surface area contributed by atoms with Crippen LogP contribution in [0.1, 0.15) is 5.56 Å². The van der Waals surface area contributed by atoms with E-state index in [2.05, 4.69) is 10.3 Å². The van der Waals surface area contributed by atoms with Crippen LogP contribution in [0.4, 0.5) is 5.69 Å². The molecule has 1 spiro atoms. The molecule has 5 rings (SSSR count). The summed E-state index contributed by atoms with van der Waals surface area (Å²) in [4.78, 5) is 32.0. The molecule has 29 heavy (non-hydrogen) atoms. The summed E-state index contributed by atoms with van der Waals surface area (Å²) in [5.74, 6) is -0.558. The second-order valence-electron chi connectivity index (χ2n) is 7.60. The highest BCUT2D eigenvalue weighted by molar-refractivity contribution is 6.03. The zero-order valence-electron chi connectivity index (χ0n) is 15.9. The normalized spacial score (nSPS) is 29.2. The van der Waals surface area contributed by atoms with Crippen molar-refractivity contribution in [2.45, 2.75) is 18.2 Å². The molecule has 148 valence electrons. The number of amides is 2. The molecule has 0 radical (unpaired) electrons. The molecule has 3 aliphatic heterocycles. The van der Waals surface area contributed by atoms with E-state index in [1.54, 1.807) is 24.4 Å². The van der Waals surface area contributed by atoms with Crippen LogP contribution in [0.3, 0.4) is 0 Å². The Morgan fingerprint density at radius 1 is 1.28 bits per heavy atom. The predicted molar refractivity (Wildman–Crippen MR) is 105 cm³/mol. The highest BCUT2D eigenvalue weighted by atomic mass is 16.5. The molecule has 2 fully saturated rings. The van der Waals surface area contributed by atoms with Gasteiger partial charge in [0.05, 0.1) is 31.6 Å². The molecule has 1 aromatic carbocycles. The summed E-state index contributed by atoms with van der Waals surface area (Å²) in [6, 6.07) is 11.0. The smallest absolute Gasteiger partial charge is 0.234 e. The number of nitrogens with zero attached hydrogens (tertiary/aromatic N) is 2. The molecular formula is C22H21N3O4. The molecule has 2 saturated heterocycles. The van der Waals surface area contributed by atoms with Gasteiger partial charge in [0.15, 0.2) is 0 Å². The molecule has 0 saturated carbocycles. The monoisotopic (exact) mass is 391 g/mol. The van der Waals surface area contributed by atoms with Crippen molar-refractivity contribution < 1.29 is 19.1 Å². The number of carbonyl (C=O) groups is 2. The number of ether oxygens (including phenoxy) is 2. The molecule has 0 aliphatic carbocycles. The molecule has 4 atom stereocenters. The second kappa shape index (κ2) is 6.70. The Kier molecular flexibility index (Phi) is 4.13. The molecule has 2 bridgehead atoms. The Hall–Kier alpha value is -3.19. The van der Waals surface area contributed by atoms with Crippen molar-refractivity contribution >= 4 is 17.5 Å². The standard InChI is InChI=1S/C22H21N3O4/c1-28-16-4-2-15(3-5-16)25-13-22-9-6-17(29-22)18(19(22)21(25)27)20(26)24-12-14-7-10-23-11-8-14/h2-11,17-19H,12-13H2,1H3,(H,24,26)/t17-,18-,19+,22+/m1/s1. The third kappa shape index (κ3) is 2.81. The minimum Gasteiger partial charge on any atom is -0.497 e. The number of anilines is 1. The summed E-state index contributed by atoms with van der Waals surface area (Å²) in [6.07, 6.45) is 6.88. The first-order chi connectivity index (χ1) is 14.1. The zero-order valence-corrected chi connectivity index (χ0v) is 15.9. The van der Waals surface area contributed by atoms with Gasteiger partial charge in [-0.2, -0.15) is 0 Å². The van der Waals surface area contributed by atoms with Gasteiger partial charge in [-0.15, -0.1) is 0 Å². The maximum absolute atomic E-state index is 13.3. The fraction of sp³-hybridized carbons (Fsp3) is 0.318. The van der Waals surface area contributed by atoms with Crippen LogP contribution in [0, 0.1) is 11.8 Å². The summed E-state index contributed by atoms with van der Waals surface area (Å²) < 4.78 is 11.4. The van der Waals surface area contributed by atoms with Crippen LogP contribution in [0.2, 0.25) is 0 Å². The van der Waals surface area contributed by atoms with Crippen molar-refractivity contribution in [2.75, 3.05) is 18.6 Å². The number of hydrogen-bond acceptors (Lipinski definition) is 5. The highest BCUT2D eigenvalue weighted by Gasteiger charge is 2.67. The zero-order chi connectivity index (χ0) is 20.0. The molecule has 4 heterocycles. The van der Waals surface area contributed by atoms with Gasteiger partial charge in [0, 0.05) is 24.6 Å². The maximum atomic E-state index is 13.3. The quantitative estimate of drug-likeness (QED) is 0.785. The molecule has 0 unspecified atom stereocenters. The summed E-state index contributed by atoms with van der Waals surface area (Å²) in [7, 11) is 1.60. The van der Waals surface area contributed by atoms with Gasteiger partial charge in [-0.05, 0) is 42.0 Å². The summed E-state index contributed by atoms with van der Waals surface area (Å²) in [5.41, 5.74) is 0.997. The van der Waals surface area contributed by atoms with Gasteiger partial charge in [0.1, 0.15) is 11.4 Å². The van der Waals surface area contributed by atoms with Crippen LogP contribution in [0.15, 0.2) is 60.9 Å². The number of hydrogen-bond donors (Lipinski definition) is 1. The fourth-order valence-electron chi connectivity index (χ4n) is 4.59. The minimum absolute atomic E-state index is 0.0777. The van der Waals surface area contributed by atoms with Crippen LogP contribution >= 0.6 is 0 Å². The van der Waals surface area contributed by atoms with E-state index in [0.29, 0.717) is 13.1 Å². The first-order valence-corrected chi connectivity index (χ1v) is 9.60. The van der Waals surface area contributed by atoms with E-state index in [-0.39, 0.29) is 17.9 Å². The van der Waals surface area contributed by atoms with Crippen molar-refractivity contribution in [3.63, 3.8) is 0 Å². The Balaban J connectivity index is 1.37. The third-order valence-corrected chi connectivity index (χ3v) is 6.00. The van der Waals surface area contributed by atoms with Gasteiger partial charge < -0.3 is 19.7 Å². The SMILES string of the molecule is COc1ccc(N2C[C@]34C=C[C@@H](O3)[C@@H](C(=O)NCc3ccncc3)[C@H]4C2=O)cc1. The topological polar surface area (TPSA) is 80.8 Å². The van der Waals surface area contributed by atoms with Crippen molar-refractivity contribution in [2.24, 2.45) is 11.8 Å². The Morgan fingerprint density at radius 3 is 2.76 bits per heavy atom. The van der Waals surface area contributed by atoms with Gasteiger partial charge in [0.25, 0.3) is 0 Å². The summed E-state index contributed by atoms with van der Waals surface area (Å²) in [6.45, 7) is 0.800. The average molecular weight is 391 g/mol. The highest BCUT2D eigenvalue weighted by Crippen LogP contribution is 2.52. The largest absolute Gasteiger partial charge is 0.497 e. The number of benzene rings is 1. The Bertz CT molecular complexity index is 975. The van der Waals surface area contributed by atoms with Crippen LogP contribution in [-0.4, -0.2) is 42.2 Å². The number of carbonyl (C=O) groups excluding carboxylic acids is 2. The van der Waals surface area contributed by atoms with Crippen molar-refractivity contribution in [3.8, 4) is 5.75 Å². The third-order valence-electron chi connectivity index (χ3n) is 6.00. The number of aromatic nitrogens is 1. The molecule has 7 heteroatoms. The first-order valence-electron chi connectivity index (χ1n) is 9.60. The lowest BCUT2D eigenvalue weighted by molar-refractivity contribution is -0.132. The number of fused-ring (bicyclic) bond motifs is 1. The molecule has 7 nitrogen and oxygen atoms in total. The number of rotatable bonds is 5. The van der Waals surface area contributed by atoms with Gasteiger partial charge in [0.2, 0.25) is 11.8 Å². The average Bonchev–Trinajstić information content (AvgIpc) is 3.41. The second-order valence-corrected chi connectivity index (χ2v) is 7.60. The molecule has 2 amide bonds. The number of pyridine rings is 1. The molecular weight excluding hydrogens is 370 g/mol.